The van der Waals surface area contributed by atoms with Crippen LogP contribution >= 0.6 is 0 Å². The zero-order chi connectivity index (χ0) is 22.1. The van der Waals surface area contributed by atoms with Crippen LogP contribution in [0.15, 0.2) is 34.9 Å². The monoisotopic (exact) mass is 433 g/mol. The van der Waals surface area contributed by atoms with E-state index in [1.54, 1.807) is 0 Å². The lowest BCUT2D eigenvalue weighted by atomic mass is 9.94. The van der Waals surface area contributed by atoms with Gasteiger partial charge in [-0.15, -0.1) is 5.10 Å². The van der Waals surface area contributed by atoms with Gasteiger partial charge in [0, 0.05) is 30.6 Å². The molecular formula is C25H31N5O2. The van der Waals surface area contributed by atoms with Crippen molar-refractivity contribution in [2.24, 2.45) is 5.41 Å². The van der Waals surface area contributed by atoms with Gasteiger partial charge < -0.3 is 14.6 Å². The second kappa shape index (κ2) is 8.52. The Labute approximate surface area is 188 Å². The Morgan fingerprint density at radius 2 is 1.81 bits per heavy atom. The predicted molar refractivity (Wildman–Crippen MR) is 124 cm³/mol. The van der Waals surface area contributed by atoms with E-state index in [1.807, 2.05) is 37.1 Å². The van der Waals surface area contributed by atoms with Crippen molar-refractivity contribution < 1.29 is 9.21 Å². The fourth-order valence-corrected chi connectivity index (χ4v) is 4.64. The van der Waals surface area contributed by atoms with Crippen molar-refractivity contribution in [3.63, 3.8) is 0 Å². The molecule has 0 unspecified atom stereocenters. The van der Waals surface area contributed by atoms with Crippen LogP contribution < -0.4 is 5.32 Å². The van der Waals surface area contributed by atoms with E-state index in [2.05, 4.69) is 27.6 Å². The number of amides is 1. The van der Waals surface area contributed by atoms with E-state index >= 15 is 0 Å². The number of likely N-dealkylation sites (tertiary alicyclic amines) is 1. The smallest absolute Gasteiger partial charge is 0.316 e. The van der Waals surface area contributed by atoms with Crippen LogP contribution in [-0.4, -0.2) is 45.6 Å². The number of carbonyl (C=O) groups is 1. The van der Waals surface area contributed by atoms with Crippen LogP contribution in [0.5, 0.6) is 0 Å². The molecule has 7 heteroatoms. The standard InChI is InChI=1S/C23H25N5O2.C2H6/c29-19(28-11-9-23(7-8-23)10-12-28)14-25-22-27-26-21(30-22)18-13-24-20(15-5-6-15)17-4-2-1-3-16(17)18;1-2/h1-4,13,15H,5-12,14H2,(H,25,27);1-2H3. The van der Waals surface area contributed by atoms with Crippen LogP contribution in [0.25, 0.3) is 22.2 Å². The highest BCUT2D eigenvalue weighted by molar-refractivity contribution is 5.96. The summed E-state index contributed by atoms with van der Waals surface area (Å²) in [5.74, 6) is 1.08. The van der Waals surface area contributed by atoms with Gasteiger partial charge in [0.2, 0.25) is 5.91 Å². The number of pyridine rings is 1. The molecule has 7 nitrogen and oxygen atoms in total. The molecule has 2 saturated carbocycles. The summed E-state index contributed by atoms with van der Waals surface area (Å²) in [5, 5.41) is 13.5. The molecule has 1 N–H and O–H groups in total. The Morgan fingerprint density at radius 3 is 2.50 bits per heavy atom. The van der Waals surface area contributed by atoms with Gasteiger partial charge in [0.25, 0.3) is 5.89 Å². The van der Waals surface area contributed by atoms with Gasteiger partial charge in [-0.25, -0.2) is 0 Å². The van der Waals surface area contributed by atoms with Crippen molar-refractivity contribution in [1.82, 2.24) is 20.1 Å². The summed E-state index contributed by atoms with van der Waals surface area (Å²) in [4.78, 5) is 19.2. The molecule has 3 fully saturated rings. The molecule has 0 bridgehead atoms. The first-order chi connectivity index (χ1) is 15.7. The quantitative estimate of drug-likeness (QED) is 0.609. The summed E-state index contributed by atoms with van der Waals surface area (Å²) in [6.45, 7) is 5.90. The lowest BCUT2D eigenvalue weighted by Gasteiger charge is -2.32. The maximum atomic E-state index is 12.5. The summed E-state index contributed by atoms with van der Waals surface area (Å²) >= 11 is 0. The minimum Gasteiger partial charge on any atom is -0.403 e. The molecule has 1 aromatic carbocycles. The number of rotatable bonds is 5. The minimum absolute atomic E-state index is 0.0890. The van der Waals surface area contributed by atoms with Crippen molar-refractivity contribution in [3.05, 3.63) is 36.2 Å². The molecule has 1 saturated heterocycles. The number of aromatic nitrogens is 3. The number of nitrogens with zero attached hydrogens (tertiary/aromatic N) is 4. The van der Waals surface area contributed by atoms with Gasteiger partial charge in [0.1, 0.15) is 0 Å². The molecule has 2 aliphatic carbocycles. The van der Waals surface area contributed by atoms with Crippen molar-refractivity contribution in [1.29, 1.82) is 0 Å². The number of hydrogen-bond donors (Lipinski definition) is 1. The molecule has 32 heavy (non-hydrogen) atoms. The topological polar surface area (TPSA) is 84.2 Å². The Hall–Kier alpha value is -2.96. The van der Waals surface area contributed by atoms with Crippen LogP contribution in [0.1, 0.15) is 64.0 Å². The molecular weight excluding hydrogens is 402 g/mol. The van der Waals surface area contributed by atoms with Gasteiger partial charge in [-0.3, -0.25) is 9.78 Å². The van der Waals surface area contributed by atoms with Crippen molar-refractivity contribution in [2.45, 2.75) is 58.3 Å². The second-order valence-electron chi connectivity index (χ2n) is 9.02. The van der Waals surface area contributed by atoms with Crippen molar-refractivity contribution in [2.75, 3.05) is 25.0 Å². The lowest BCUT2D eigenvalue weighted by Crippen LogP contribution is -2.41. The normalized spacial score (nSPS) is 18.9. The first kappa shape index (κ1) is 20.9. The van der Waals surface area contributed by atoms with Gasteiger partial charge in [-0.1, -0.05) is 43.2 Å². The summed E-state index contributed by atoms with van der Waals surface area (Å²) < 4.78 is 5.83. The van der Waals surface area contributed by atoms with Crippen LogP contribution in [0, 0.1) is 5.41 Å². The van der Waals surface area contributed by atoms with E-state index in [-0.39, 0.29) is 18.5 Å². The molecule has 2 aromatic heterocycles. The summed E-state index contributed by atoms with van der Waals surface area (Å²) in [5.41, 5.74) is 2.55. The van der Waals surface area contributed by atoms with Crippen LogP contribution in [0.3, 0.4) is 0 Å². The molecule has 3 aliphatic rings. The maximum Gasteiger partial charge on any atom is 0.316 e. The Balaban J connectivity index is 0.00000105. The second-order valence-corrected chi connectivity index (χ2v) is 9.02. The fraction of sp³-hybridized carbons (Fsp3) is 0.520. The summed E-state index contributed by atoms with van der Waals surface area (Å²) in [6, 6.07) is 8.50. The number of nitrogens with one attached hydrogen (secondary N) is 1. The average molecular weight is 434 g/mol. The number of carbonyl (C=O) groups excluding carboxylic acids is 1. The molecule has 0 atom stereocenters. The molecule has 1 amide bonds. The van der Waals surface area contributed by atoms with E-state index in [9.17, 15) is 4.79 Å². The van der Waals surface area contributed by atoms with E-state index in [0.29, 0.717) is 17.2 Å². The summed E-state index contributed by atoms with van der Waals surface area (Å²) in [6.07, 6.45) is 9.20. The number of benzene rings is 1. The molecule has 6 rings (SSSR count). The molecule has 3 heterocycles. The van der Waals surface area contributed by atoms with E-state index in [4.69, 9.17) is 9.40 Å². The number of piperidine rings is 1. The molecule has 1 aliphatic heterocycles. The van der Waals surface area contributed by atoms with Gasteiger partial charge in [-0.2, -0.15) is 0 Å². The highest BCUT2D eigenvalue weighted by Crippen LogP contribution is 2.53. The van der Waals surface area contributed by atoms with Gasteiger partial charge in [0.15, 0.2) is 0 Å². The van der Waals surface area contributed by atoms with Crippen molar-refractivity contribution >= 4 is 22.7 Å². The third-order valence-electron chi connectivity index (χ3n) is 6.97. The highest BCUT2D eigenvalue weighted by Gasteiger charge is 2.45. The third-order valence-corrected chi connectivity index (χ3v) is 6.97. The molecule has 1 spiro atoms. The Bertz CT molecular complexity index is 1110. The first-order valence-corrected chi connectivity index (χ1v) is 11.9. The zero-order valence-electron chi connectivity index (χ0n) is 18.9. The molecule has 3 aromatic rings. The Morgan fingerprint density at radius 1 is 1.09 bits per heavy atom. The van der Waals surface area contributed by atoms with Crippen LogP contribution in [0.4, 0.5) is 6.01 Å². The third kappa shape index (κ3) is 4.08. The first-order valence-electron chi connectivity index (χ1n) is 11.9. The maximum absolute atomic E-state index is 12.5. The van der Waals surface area contributed by atoms with Crippen molar-refractivity contribution in [3.8, 4) is 11.5 Å². The van der Waals surface area contributed by atoms with Gasteiger partial charge >= 0.3 is 6.01 Å². The SMILES string of the molecule is CC.O=C(CNc1nnc(-c2cnc(C3CC3)c3ccccc23)o1)N1CCC2(CC1)CC2. The summed E-state index contributed by atoms with van der Waals surface area (Å²) in [7, 11) is 0. The van der Waals surface area contributed by atoms with Gasteiger partial charge in [0.05, 0.1) is 17.8 Å². The number of fused-ring (bicyclic) bond motifs is 1. The van der Waals surface area contributed by atoms with E-state index < -0.39 is 0 Å². The molecule has 0 radical (unpaired) electrons. The average Bonchev–Trinajstić information content (AvgIpc) is 3.78. The van der Waals surface area contributed by atoms with Gasteiger partial charge in [-0.05, 0) is 49.3 Å². The Kier molecular flexibility index (Phi) is 5.57. The highest BCUT2D eigenvalue weighted by atomic mass is 16.4. The number of hydrogen-bond acceptors (Lipinski definition) is 6. The predicted octanol–water partition coefficient (Wildman–Crippen LogP) is 5.00. The number of anilines is 1. The zero-order valence-corrected chi connectivity index (χ0v) is 18.9. The molecule has 168 valence electrons. The van der Waals surface area contributed by atoms with E-state index in [0.717, 1.165) is 48.0 Å². The van der Waals surface area contributed by atoms with Crippen LogP contribution in [-0.2, 0) is 4.79 Å². The lowest BCUT2D eigenvalue weighted by molar-refractivity contribution is -0.130. The van der Waals surface area contributed by atoms with Crippen LogP contribution in [0.2, 0.25) is 0 Å². The van der Waals surface area contributed by atoms with E-state index in [1.165, 1.54) is 25.7 Å². The minimum atomic E-state index is 0.0890. The fourth-order valence-electron chi connectivity index (χ4n) is 4.64. The largest absolute Gasteiger partial charge is 0.403 e.